The van der Waals surface area contributed by atoms with Crippen molar-refractivity contribution in [2.45, 2.75) is 25.0 Å². The molecule has 2 aromatic rings. The monoisotopic (exact) mass is 345 g/mol. The number of carbonyl (C=O) groups is 1. The van der Waals surface area contributed by atoms with E-state index in [2.05, 4.69) is 24.4 Å². The first-order valence-electron chi connectivity index (χ1n) is 7.99. The summed E-state index contributed by atoms with van der Waals surface area (Å²) in [5.74, 6) is 0.121. The lowest BCUT2D eigenvalue weighted by Gasteiger charge is -2.16. The Bertz CT molecular complexity index is 768. The van der Waals surface area contributed by atoms with E-state index in [0.29, 0.717) is 17.7 Å². The molecule has 0 saturated heterocycles. The third-order valence-electron chi connectivity index (χ3n) is 3.92. The number of sulfone groups is 1. The van der Waals surface area contributed by atoms with Crippen LogP contribution in [-0.2, 0) is 15.6 Å². The van der Waals surface area contributed by atoms with Crippen LogP contribution in [0, 0.1) is 0 Å². The van der Waals surface area contributed by atoms with Gasteiger partial charge in [-0.3, -0.25) is 4.79 Å². The zero-order valence-electron chi connectivity index (χ0n) is 14.0. The van der Waals surface area contributed by atoms with Crippen LogP contribution in [0.5, 0.6) is 0 Å². The summed E-state index contributed by atoms with van der Waals surface area (Å²) in [6, 6.07) is 16.8. The maximum absolute atomic E-state index is 12.3. The molecule has 24 heavy (non-hydrogen) atoms. The first-order valence-corrected chi connectivity index (χ1v) is 10.0. The van der Waals surface area contributed by atoms with Gasteiger partial charge in [0.15, 0.2) is 9.84 Å². The summed E-state index contributed by atoms with van der Waals surface area (Å²) in [6.45, 7) is 2.67. The van der Waals surface area contributed by atoms with Crippen molar-refractivity contribution >= 4 is 15.7 Å². The summed E-state index contributed by atoms with van der Waals surface area (Å²) in [5, 5.41) is 2.96. The Morgan fingerprint density at radius 3 is 2.21 bits per heavy atom. The van der Waals surface area contributed by atoms with Crippen LogP contribution in [0.15, 0.2) is 54.6 Å². The fraction of sp³-hybridized carbons (Fsp3) is 0.316. The Morgan fingerprint density at radius 1 is 1.04 bits per heavy atom. The van der Waals surface area contributed by atoms with Gasteiger partial charge in [-0.05, 0) is 29.7 Å². The molecule has 0 heterocycles. The van der Waals surface area contributed by atoms with Gasteiger partial charge in [0.05, 0.1) is 5.75 Å². The van der Waals surface area contributed by atoms with Gasteiger partial charge in [0, 0.05) is 24.3 Å². The lowest BCUT2D eigenvalue weighted by Crippen LogP contribution is -2.28. The molecule has 0 aliphatic heterocycles. The molecule has 5 heteroatoms. The summed E-state index contributed by atoms with van der Waals surface area (Å²) >= 11 is 0. The number of carbonyl (C=O) groups excluding carboxylic acids is 1. The van der Waals surface area contributed by atoms with Crippen LogP contribution >= 0.6 is 0 Å². The molecule has 0 bridgehead atoms. The van der Waals surface area contributed by atoms with Crippen molar-refractivity contribution in [2.24, 2.45) is 0 Å². The molecule has 2 aromatic carbocycles. The van der Waals surface area contributed by atoms with Gasteiger partial charge in [0.1, 0.15) is 0 Å². The topological polar surface area (TPSA) is 63.2 Å². The van der Waals surface area contributed by atoms with E-state index in [9.17, 15) is 13.2 Å². The quantitative estimate of drug-likeness (QED) is 0.838. The van der Waals surface area contributed by atoms with Crippen molar-refractivity contribution in [3.8, 4) is 0 Å². The number of amides is 1. The second kappa shape index (κ2) is 8.11. The third-order valence-corrected chi connectivity index (χ3v) is 4.78. The SMILES string of the molecule is CCC(CNC(=O)c1ccc(CS(C)(=O)=O)cc1)c1ccccc1. The Labute approximate surface area is 143 Å². The van der Waals surface area contributed by atoms with Crippen LogP contribution in [0.2, 0.25) is 0 Å². The van der Waals surface area contributed by atoms with Gasteiger partial charge >= 0.3 is 0 Å². The molecule has 0 fully saturated rings. The van der Waals surface area contributed by atoms with Crippen molar-refractivity contribution in [1.29, 1.82) is 0 Å². The minimum Gasteiger partial charge on any atom is -0.351 e. The Balaban J connectivity index is 1.97. The van der Waals surface area contributed by atoms with E-state index >= 15 is 0 Å². The molecule has 0 saturated carbocycles. The van der Waals surface area contributed by atoms with E-state index in [1.807, 2.05) is 18.2 Å². The molecule has 128 valence electrons. The number of hydrogen-bond donors (Lipinski definition) is 1. The molecule has 0 spiro atoms. The van der Waals surface area contributed by atoms with Crippen LogP contribution in [-0.4, -0.2) is 27.1 Å². The van der Waals surface area contributed by atoms with Crippen LogP contribution < -0.4 is 5.32 Å². The number of benzene rings is 2. The van der Waals surface area contributed by atoms with E-state index in [1.165, 1.54) is 11.8 Å². The predicted molar refractivity (Wildman–Crippen MR) is 96.8 cm³/mol. The Morgan fingerprint density at radius 2 is 1.67 bits per heavy atom. The lowest BCUT2D eigenvalue weighted by molar-refractivity contribution is 0.0951. The molecule has 0 radical (unpaired) electrons. The number of hydrogen-bond acceptors (Lipinski definition) is 3. The zero-order chi connectivity index (χ0) is 17.6. The maximum atomic E-state index is 12.3. The normalized spacial score (nSPS) is 12.6. The van der Waals surface area contributed by atoms with Crippen molar-refractivity contribution in [1.82, 2.24) is 5.32 Å². The molecular weight excluding hydrogens is 322 g/mol. The van der Waals surface area contributed by atoms with Gasteiger partial charge in [-0.1, -0.05) is 49.4 Å². The largest absolute Gasteiger partial charge is 0.351 e. The summed E-state index contributed by atoms with van der Waals surface area (Å²) in [4.78, 5) is 12.3. The first kappa shape index (κ1) is 18.2. The van der Waals surface area contributed by atoms with Gasteiger partial charge < -0.3 is 5.32 Å². The van der Waals surface area contributed by atoms with E-state index in [-0.39, 0.29) is 17.6 Å². The average molecular weight is 345 g/mol. The molecule has 1 amide bonds. The molecular formula is C19H23NO3S. The van der Waals surface area contributed by atoms with Crippen molar-refractivity contribution < 1.29 is 13.2 Å². The minimum absolute atomic E-state index is 0.0131. The highest BCUT2D eigenvalue weighted by Gasteiger charge is 2.12. The van der Waals surface area contributed by atoms with Crippen LogP contribution in [0.25, 0.3) is 0 Å². The summed E-state index contributed by atoms with van der Waals surface area (Å²) in [5.41, 5.74) is 2.43. The highest BCUT2D eigenvalue weighted by Crippen LogP contribution is 2.18. The van der Waals surface area contributed by atoms with Gasteiger partial charge in [0.2, 0.25) is 0 Å². The molecule has 1 unspecified atom stereocenters. The zero-order valence-corrected chi connectivity index (χ0v) is 14.8. The van der Waals surface area contributed by atoms with E-state index in [0.717, 1.165) is 6.42 Å². The second-order valence-corrected chi connectivity index (χ2v) is 8.13. The molecule has 4 nitrogen and oxygen atoms in total. The molecule has 1 N–H and O–H groups in total. The van der Waals surface area contributed by atoms with E-state index in [1.54, 1.807) is 24.3 Å². The number of rotatable bonds is 7. The second-order valence-electron chi connectivity index (χ2n) is 5.99. The van der Waals surface area contributed by atoms with Crippen molar-refractivity contribution in [3.63, 3.8) is 0 Å². The molecule has 0 aromatic heterocycles. The fourth-order valence-electron chi connectivity index (χ4n) is 2.60. The number of nitrogens with one attached hydrogen (secondary N) is 1. The van der Waals surface area contributed by atoms with Crippen molar-refractivity contribution in [2.75, 3.05) is 12.8 Å². The Hall–Kier alpha value is -2.14. The van der Waals surface area contributed by atoms with Gasteiger partial charge in [0.25, 0.3) is 5.91 Å². The summed E-state index contributed by atoms with van der Waals surface area (Å²) < 4.78 is 22.6. The fourth-order valence-corrected chi connectivity index (χ4v) is 3.39. The van der Waals surface area contributed by atoms with Crippen molar-refractivity contribution in [3.05, 3.63) is 71.3 Å². The smallest absolute Gasteiger partial charge is 0.251 e. The molecule has 2 rings (SSSR count). The van der Waals surface area contributed by atoms with Gasteiger partial charge in [-0.15, -0.1) is 0 Å². The first-order chi connectivity index (χ1) is 11.4. The van der Waals surface area contributed by atoms with Gasteiger partial charge in [-0.2, -0.15) is 0 Å². The summed E-state index contributed by atoms with van der Waals surface area (Å²) in [7, 11) is -3.07. The van der Waals surface area contributed by atoms with Gasteiger partial charge in [-0.25, -0.2) is 8.42 Å². The predicted octanol–water partition coefficient (Wildman–Crippen LogP) is 3.15. The van der Waals surface area contributed by atoms with Crippen LogP contribution in [0.1, 0.15) is 40.7 Å². The summed E-state index contributed by atoms with van der Waals surface area (Å²) in [6.07, 6.45) is 2.14. The van der Waals surface area contributed by atoms with E-state index in [4.69, 9.17) is 0 Å². The standard InChI is InChI=1S/C19H23NO3S/c1-3-16(17-7-5-4-6-8-17)13-20-19(21)18-11-9-15(10-12-18)14-24(2,22)23/h4-12,16H,3,13-14H2,1-2H3,(H,20,21). The highest BCUT2D eigenvalue weighted by atomic mass is 32.2. The van der Waals surface area contributed by atoms with E-state index < -0.39 is 9.84 Å². The maximum Gasteiger partial charge on any atom is 0.251 e. The molecule has 1 atom stereocenters. The Kier molecular flexibility index (Phi) is 6.15. The minimum atomic E-state index is -3.07. The molecule has 0 aliphatic rings. The third kappa shape index (κ3) is 5.49. The lowest BCUT2D eigenvalue weighted by atomic mass is 9.96. The highest BCUT2D eigenvalue weighted by molar-refractivity contribution is 7.89. The van der Waals surface area contributed by atoms with Crippen LogP contribution in [0.3, 0.4) is 0 Å². The molecule has 0 aliphatic carbocycles. The van der Waals surface area contributed by atoms with Crippen LogP contribution in [0.4, 0.5) is 0 Å². The average Bonchev–Trinajstić information content (AvgIpc) is 2.55.